The normalized spacial score (nSPS) is 18.5. The lowest BCUT2D eigenvalue weighted by Gasteiger charge is -2.18. The molecular weight excluding hydrogens is 309 g/mol. The van der Waals surface area contributed by atoms with Gasteiger partial charge >= 0.3 is 6.03 Å². The molecule has 22 heavy (non-hydrogen) atoms. The molecule has 0 aromatic heterocycles. The fraction of sp³-hybridized carbons (Fsp3) is 0.500. The molecule has 1 aromatic carbocycles. The van der Waals surface area contributed by atoms with E-state index in [1.54, 1.807) is 19.1 Å². The van der Waals surface area contributed by atoms with Crippen LogP contribution in [0.25, 0.3) is 0 Å². The van der Waals surface area contributed by atoms with Gasteiger partial charge in [0.05, 0.1) is 11.4 Å². The van der Waals surface area contributed by atoms with E-state index in [4.69, 9.17) is 0 Å². The van der Waals surface area contributed by atoms with Gasteiger partial charge in [-0.3, -0.25) is 0 Å². The highest BCUT2D eigenvalue weighted by Crippen LogP contribution is 2.16. The third kappa shape index (κ3) is 4.41. The second-order valence-corrected chi connectivity index (χ2v) is 7.15. The number of anilines is 1. The Morgan fingerprint density at radius 2 is 2.14 bits per heavy atom. The second kappa shape index (κ2) is 7.06. The zero-order chi connectivity index (χ0) is 16.2. The SMILES string of the molecule is CCCS(=O)(=O)N[C@H]1CCN(C(=O)Nc2ccccc2F)C1. The molecule has 0 unspecified atom stereocenters. The van der Waals surface area contributed by atoms with Crippen LogP contribution < -0.4 is 10.0 Å². The van der Waals surface area contributed by atoms with E-state index in [1.165, 1.54) is 17.0 Å². The summed E-state index contributed by atoms with van der Waals surface area (Å²) in [5.41, 5.74) is 0.113. The van der Waals surface area contributed by atoms with Crippen molar-refractivity contribution in [3.63, 3.8) is 0 Å². The summed E-state index contributed by atoms with van der Waals surface area (Å²) in [6.45, 7) is 2.50. The maximum Gasteiger partial charge on any atom is 0.321 e. The van der Waals surface area contributed by atoms with E-state index in [-0.39, 0.29) is 24.0 Å². The van der Waals surface area contributed by atoms with Crippen LogP contribution in [0.3, 0.4) is 0 Å². The Balaban J connectivity index is 1.90. The molecule has 122 valence electrons. The van der Waals surface area contributed by atoms with Gasteiger partial charge in [0.25, 0.3) is 0 Å². The van der Waals surface area contributed by atoms with Crippen molar-refractivity contribution in [2.75, 3.05) is 24.2 Å². The minimum atomic E-state index is -3.30. The summed E-state index contributed by atoms with van der Waals surface area (Å²) in [6.07, 6.45) is 1.09. The number of hydrogen-bond acceptors (Lipinski definition) is 3. The van der Waals surface area contributed by atoms with Crippen LogP contribution in [-0.2, 0) is 10.0 Å². The number of urea groups is 1. The van der Waals surface area contributed by atoms with Crippen molar-refractivity contribution >= 4 is 21.7 Å². The highest BCUT2D eigenvalue weighted by atomic mass is 32.2. The average Bonchev–Trinajstić information content (AvgIpc) is 2.89. The van der Waals surface area contributed by atoms with Crippen LogP contribution >= 0.6 is 0 Å². The number of nitrogens with one attached hydrogen (secondary N) is 2. The number of sulfonamides is 1. The van der Waals surface area contributed by atoms with Crippen molar-refractivity contribution in [3.8, 4) is 0 Å². The monoisotopic (exact) mass is 329 g/mol. The van der Waals surface area contributed by atoms with Gasteiger partial charge in [-0.05, 0) is 25.0 Å². The molecule has 1 aliphatic heterocycles. The van der Waals surface area contributed by atoms with Crippen molar-refractivity contribution in [2.45, 2.75) is 25.8 Å². The van der Waals surface area contributed by atoms with Gasteiger partial charge in [0.15, 0.2) is 0 Å². The fourth-order valence-electron chi connectivity index (χ4n) is 2.38. The van der Waals surface area contributed by atoms with Crippen molar-refractivity contribution < 1.29 is 17.6 Å². The molecule has 1 atom stereocenters. The molecule has 2 rings (SSSR count). The van der Waals surface area contributed by atoms with Gasteiger partial charge in [-0.2, -0.15) is 0 Å². The Labute approximate surface area is 129 Å². The Bertz CT molecular complexity index is 636. The van der Waals surface area contributed by atoms with E-state index < -0.39 is 21.9 Å². The predicted octanol–water partition coefficient (Wildman–Crippen LogP) is 1.76. The highest BCUT2D eigenvalue weighted by molar-refractivity contribution is 7.89. The molecule has 0 bridgehead atoms. The maximum atomic E-state index is 13.5. The lowest BCUT2D eigenvalue weighted by molar-refractivity contribution is 0.221. The van der Waals surface area contributed by atoms with Crippen molar-refractivity contribution in [3.05, 3.63) is 30.1 Å². The molecule has 1 saturated heterocycles. The number of carbonyl (C=O) groups is 1. The van der Waals surface area contributed by atoms with E-state index in [2.05, 4.69) is 10.0 Å². The Kier molecular flexibility index (Phi) is 5.36. The quantitative estimate of drug-likeness (QED) is 0.864. The van der Waals surface area contributed by atoms with E-state index in [0.29, 0.717) is 19.4 Å². The number of amides is 2. The Morgan fingerprint density at radius 3 is 2.82 bits per heavy atom. The predicted molar refractivity (Wildman–Crippen MR) is 82.6 cm³/mol. The van der Waals surface area contributed by atoms with Crippen LogP contribution in [0.2, 0.25) is 0 Å². The number of para-hydroxylation sites is 1. The topological polar surface area (TPSA) is 78.5 Å². The smallest absolute Gasteiger partial charge is 0.321 e. The first kappa shape index (κ1) is 16.7. The van der Waals surface area contributed by atoms with Gasteiger partial charge in [-0.25, -0.2) is 22.3 Å². The molecule has 1 fully saturated rings. The third-order valence-electron chi connectivity index (χ3n) is 3.41. The average molecular weight is 329 g/mol. The minimum Gasteiger partial charge on any atom is -0.323 e. The van der Waals surface area contributed by atoms with Crippen LogP contribution in [-0.4, -0.2) is 44.2 Å². The van der Waals surface area contributed by atoms with Crippen LogP contribution in [0.1, 0.15) is 19.8 Å². The molecule has 1 aliphatic rings. The van der Waals surface area contributed by atoms with E-state index in [1.807, 2.05) is 0 Å². The molecule has 0 aliphatic carbocycles. The minimum absolute atomic E-state index is 0.0743. The van der Waals surface area contributed by atoms with Gasteiger partial charge in [-0.1, -0.05) is 19.1 Å². The summed E-state index contributed by atoms with van der Waals surface area (Å²) in [5.74, 6) is -0.430. The molecular formula is C14H20FN3O3S. The molecule has 0 saturated carbocycles. The summed E-state index contributed by atoms with van der Waals surface area (Å²) < 4.78 is 39.5. The van der Waals surface area contributed by atoms with Crippen LogP contribution in [0, 0.1) is 5.82 Å². The number of rotatable bonds is 5. The molecule has 1 heterocycles. The summed E-state index contributed by atoms with van der Waals surface area (Å²) in [4.78, 5) is 13.6. The van der Waals surface area contributed by atoms with Gasteiger partial charge < -0.3 is 10.2 Å². The first-order valence-corrected chi connectivity index (χ1v) is 8.87. The first-order valence-electron chi connectivity index (χ1n) is 7.21. The number of nitrogens with zero attached hydrogens (tertiary/aromatic N) is 1. The highest BCUT2D eigenvalue weighted by Gasteiger charge is 2.29. The molecule has 0 spiro atoms. The van der Waals surface area contributed by atoms with Crippen molar-refractivity contribution in [2.24, 2.45) is 0 Å². The Hall–Kier alpha value is -1.67. The number of halogens is 1. The first-order chi connectivity index (χ1) is 10.4. The lowest BCUT2D eigenvalue weighted by Crippen LogP contribution is -2.40. The number of likely N-dealkylation sites (tertiary alicyclic amines) is 1. The van der Waals surface area contributed by atoms with Gasteiger partial charge in [0.2, 0.25) is 10.0 Å². The molecule has 2 N–H and O–H groups in total. The van der Waals surface area contributed by atoms with Crippen molar-refractivity contribution in [1.29, 1.82) is 0 Å². The van der Waals surface area contributed by atoms with Gasteiger partial charge in [-0.15, -0.1) is 0 Å². The van der Waals surface area contributed by atoms with Crippen molar-refractivity contribution in [1.82, 2.24) is 9.62 Å². The maximum absolute atomic E-state index is 13.5. The number of hydrogen-bond donors (Lipinski definition) is 2. The summed E-state index contributed by atoms with van der Waals surface area (Å²) in [5, 5.41) is 2.50. The number of benzene rings is 1. The zero-order valence-electron chi connectivity index (χ0n) is 12.4. The number of carbonyl (C=O) groups excluding carboxylic acids is 1. The van der Waals surface area contributed by atoms with E-state index in [9.17, 15) is 17.6 Å². The lowest BCUT2D eigenvalue weighted by atomic mass is 10.3. The summed E-state index contributed by atoms with van der Waals surface area (Å²) in [7, 11) is -3.30. The summed E-state index contributed by atoms with van der Waals surface area (Å²) in [6, 6.07) is 5.20. The van der Waals surface area contributed by atoms with Crippen LogP contribution in [0.5, 0.6) is 0 Å². The largest absolute Gasteiger partial charge is 0.323 e. The van der Waals surface area contributed by atoms with Gasteiger partial charge in [0, 0.05) is 19.1 Å². The standard InChI is InChI=1S/C14H20FN3O3S/c1-2-9-22(20,21)17-11-7-8-18(10-11)14(19)16-13-6-4-3-5-12(13)15/h3-6,11,17H,2,7-10H2,1H3,(H,16,19)/t11-/m0/s1. The fourth-order valence-corrected chi connectivity index (χ4v) is 3.73. The molecule has 6 nitrogen and oxygen atoms in total. The summed E-state index contributed by atoms with van der Waals surface area (Å²) >= 11 is 0. The second-order valence-electron chi connectivity index (χ2n) is 5.28. The molecule has 2 amide bonds. The molecule has 0 radical (unpaired) electrons. The van der Waals surface area contributed by atoms with Gasteiger partial charge in [0.1, 0.15) is 5.82 Å². The van der Waals surface area contributed by atoms with Crippen LogP contribution in [0.15, 0.2) is 24.3 Å². The third-order valence-corrected chi connectivity index (χ3v) is 5.05. The van der Waals surface area contributed by atoms with E-state index in [0.717, 1.165) is 0 Å². The van der Waals surface area contributed by atoms with Crippen LogP contribution in [0.4, 0.5) is 14.9 Å². The Morgan fingerprint density at radius 1 is 1.41 bits per heavy atom. The zero-order valence-corrected chi connectivity index (χ0v) is 13.2. The van der Waals surface area contributed by atoms with E-state index >= 15 is 0 Å². The molecule has 8 heteroatoms. The molecule has 1 aromatic rings.